The van der Waals surface area contributed by atoms with Crippen LogP contribution in [0.3, 0.4) is 0 Å². The highest BCUT2D eigenvalue weighted by Gasteiger charge is 2.00. The van der Waals surface area contributed by atoms with Crippen molar-refractivity contribution in [2.45, 2.75) is 85.0 Å². The van der Waals surface area contributed by atoms with Crippen molar-refractivity contribution in [1.82, 2.24) is 0 Å². The van der Waals surface area contributed by atoms with Gasteiger partial charge in [0.2, 0.25) is 0 Å². The zero-order chi connectivity index (χ0) is 20.7. The van der Waals surface area contributed by atoms with Gasteiger partial charge in [-0.15, -0.1) is 0 Å². The Labute approximate surface area is 178 Å². The summed E-state index contributed by atoms with van der Waals surface area (Å²) in [6, 6.07) is 14.9. The maximum atomic E-state index is 5.77. The fourth-order valence-electron chi connectivity index (χ4n) is 3.46. The zero-order valence-corrected chi connectivity index (χ0v) is 18.8. The Hall–Kier alpha value is -2.09. The highest BCUT2D eigenvalue weighted by Crippen LogP contribution is 2.21. The topological polar surface area (TPSA) is 21.6 Å². The molecular formula is C27H39NO. The van der Waals surface area contributed by atoms with Crippen LogP contribution in [0.2, 0.25) is 0 Å². The van der Waals surface area contributed by atoms with E-state index in [4.69, 9.17) is 9.73 Å². The molecule has 0 aliphatic carbocycles. The number of ether oxygens (including phenoxy) is 1. The first-order valence-corrected chi connectivity index (χ1v) is 11.6. The van der Waals surface area contributed by atoms with Crippen LogP contribution in [0.25, 0.3) is 0 Å². The lowest BCUT2D eigenvalue weighted by Gasteiger charge is -2.06. The van der Waals surface area contributed by atoms with Crippen molar-refractivity contribution in [1.29, 1.82) is 0 Å². The first-order valence-electron chi connectivity index (χ1n) is 11.6. The van der Waals surface area contributed by atoms with E-state index in [1.165, 1.54) is 68.9 Å². The minimum Gasteiger partial charge on any atom is -0.494 e. The van der Waals surface area contributed by atoms with Crippen LogP contribution in [0.4, 0.5) is 5.69 Å². The van der Waals surface area contributed by atoms with Crippen LogP contribution in [0.1, 0.15) is 88.3 Å². The van der Waals surface area contributed by atoms with Crippen LogP contribution >= 0.6 is 0 Å². The Bertz CT molecular complexity index is 718. The van der Waals surface area contributed by atoms with E-state index in [1.807, 2.05) is 18.3 Å². The lowest BCUT2D eigenvalue weighted by molar-refractivity contribution is 0.306. The van der Waals surface area contributed by atoms with Crippen LogP contribution < -0.4 is 4.74 Å². The summed E-state index contributed by atoms with van der Waals surface area (Å²) in [6.45, 7) is 7.43. The maximum absolute atomic E-state index is 5.77. The van der Waals surface area contributed by atoms with Gasteiger partial charge in [0.15, 0.2) is 0 Å². The standard InChI is InChI=1S/C27H39NO/c1-4-6-8-9-10-11-13-24-16-19-27(23(3)21-24)28-22-25-14-17-26(18-15-25)29-20-12-7-5-2/h14-19,21-22H,4-13,20H2,1-3H3. The van der Waals surface area contributed by atoms with Gasteiger partial charge in [0.25, 0.3) is 0 Å². The van der Waals surface area contributed by atoms with Gasteiger partial charge in [-0.25, -0.2) is 0 Å². The summed E-state index contributed by atoms with van der Waals surface area (Å²) >= 11 is 0. The molecule has 0 amide bonds. The first-order chi connectivity index (χ1) is 14.2. The van der Waals surface area contributed by atoms with E-state index >= 15 is 0 Å². The predicted molar refractivity (Wildman–Crippen MR) is 127 cm³/mol. The van der Waals surface area contributed by atoms with Crippen molar-refractivity contribution in [2.24, 2.45) is 4.99 Å². The molecule has 0 atom stereocenters. The summed E-state index contributed by atoms with van der Waals surface area (Å²) in [5.74, 6) is 0.938. The van der Waals surface area contributed by atoms with E-state index in [0.29, 0.717) is 0 Å². The quantitative estimate of drug-likeness (QED) is 0.234. The molecule has 0 fully saturated rings. The van der Waals surface area contributed by atoms with Gasteiger partial charge in [0.1, 0.15) is 5.75 Å². The first kappa shape index (κ1) is 23.2. The fraction of sp³-hybridized carbons (Fsp3) is 0.519. The number of benzene rings is 2. The highest BCUT2D eigenvalue weighted by atomic mass is 16.5. The largest absolute Gasteiger partial charge is 0.494 e. The van der Waals surface area contributed by atoms with Crippen molar-refractivity contribution in [3.05, 3.63) is 59.2 Å². The van der Waals surface area contributed by atoms with E-state index < -0.39 is 0 Å². The van der Waals surface area contributed by atoms with Gasteiger partial charge in [0.05, 0.1) is 12.3 Å². The van der Waals surface area contributed by atoms with E-state index in [0.717, 1.165) is 30.0 Å². The van der Waals surface area contributed by atoms with Crippen LogP contribution in [-0.2, 0) is 6.42 Å². The van der Waals surface area contributed by atoms with E-state index in [-0.39, 0.29) is 0 Å². The molecule has 0 spiro atoms. The van der Waals surface area contributed by atoms with Crippen molar-refractivity contribution in [3.63, 3.8) is 0 Å². The molecule has 0 heterocycles. The number of aliphatic imine (C=N–C) groups is 1. The Morgan fingerprint density at radius 2 is 1.48 bits per heavy atom. The second-order valence-electron chi connectivity index (χ2n) is 8.02. The average molecular weight is 394 g/mol. The molecule has 2 rings (SSSR count). The lowest BCUT2D eigenvalue weighted by atomic mass is 10.0. The smallest absolute Gasteiger partial charge is 0.119 e. The van der Waals surface area contributed by atoms with Gasteiger partial charge in [-0.05, 0) is 73.2 Å². The number of hydrogen-bond acceptors (Lipinski definition) is 2. The van der Waals surface area contributed by atoms with Crippen molar-refractivity contribution in [3.8, 4) is 5.75 Å². The molecule has 0 radical (unpaired) electrons. The monoisotopic (exact) mass is 393 g/mol. The minimum atomic E-state index is 0.797. The molecule has 0 saturated carbocycles. The molecule has 0 N–H and O–H groups in total. The molecule has 2 heteroatoms. The summed E-state index contributed by atoms with van der Waals surface area (Å²) in [5, 5.41) is 0. The summed E-state index contributed by atoms with van der Waals surface area (Å²) in [5.41, 5.74) is 4.83. The average Bonchev–Trinajstić information content (AvgIpc) is 2.74. The predicted octanol–water partition coefficient (Wildman–Crippen LogP) is 8.22. The van der Waals surface area contributed by atoms with Crippen molar-refractivity contribution in [2.75, 3.05) is 6.61 Å². The van der Waals surface area contributed by atoms with Gasteiger partial charge in [-0.3, -0.25) is 4.99 Å². The summed E-state index contributed by atoms with van der Waals surface area (Å²) < 4.78 is 5.77. The van der Waals surface area contributed by atoms with Gasteiger partial charge in [-0.1, -0.05) is 70.9 Å². The van der Waals surface area contributed by atoms with Gasteiger partial charge >= 0.3 is 0 Å². The second-order valence-corrected chi connectivity index (χ2v) is 8.02. The van der Waals surface area contributed by atoms with Crippen LogP contribution in [0, 0.1) is 6.92 Å². The third kappa shape index (κ3) is 9.30. The van der Waals surface area contributed by atoms with Crippen molar-refractivity contribution < 1.29 is 4.74 Å². The third-order valence-corrected chi connectivity index (χ3v) is 5.33. The third-order valence-electron chi connectivity index (χ3n) is 5.33. The number of hydrogen-bond donors (Lipinski definition) is 0. The lowest BCUT2D eigenvalue weighted by Crippen LogP contribution is -1.96. The van der Waals surface area contributed by atoms with E-state index in [9.17, 15) is 0 Å². The Morgan fingerprint density at radius 3 is 2.21 bits per heavy atom. The summed E-state index contributed by atoms with van der Waals surface area (Å²) in [6.07, 6.45) is 14.8. The molecule has 0 aromatic heterocycles. The number of rotatable bonds is 14. The second kappa shape index (κ2) is 14.0. The van der Waals surface area contributed by atoms with Gasteiger partial charge in [-0.2, -0.15) is 0 Å². The van der Waals surface area contributed by atoms with Crippen LogP contribution in [0.15, 0.2) is 47.5 Å². The summed E-state index contributed by atoms with van der Waals surface area (Å²) in [7, 11) is 0. The SMILES string of the molecule is CCCCCCCCc1ccc(N=Cc2ccc(OCCCCC)cc2)c(C)c1. The molecule has 158 valence electrons. The molecular weight excluding hydrogens is 354 g/mol. The van der Waals surface area contributed by atoms with Crippen molar-refractivity contribution >= 4 is 11.9 Å². The zero-order valence-electron chi connectivity index (χ0n) is 18.8. The highest BCUT2D eigenvalue weighted by molar-refractivity contribution is 5.82. The van der Waals surface area contributed by atoms with E-state index in [2.05, 4.69) is 51.1 Å². The maximum Gasteiger partial charge on any atom is 0.119 e. The number of nitrogens with zero attached hydrogens (tertiary/aromatic N) is 1. The van der Waals surface area contributed by atoms with E-state index in [1.54, 1.807) is 0 Å². The van der Waals surface area contributed by atoms with Gasteiger partial charge in [0, 0.05) is 6.21 Å². The molecule has 0 saturated heterocycles. The Balaban J connectivity index is 1.80. The molecule has 0 aliphatic rings. The fourth-order valence-corrected chi connectivity index (χ4v) is 3.46. The molecule has 2 aromatic carbocycles. The molecule has 0 aliphatic heterocycles. The molecule has 0 unspecified atom stereocenters. The normalized spacial score (nSPS) is 11.3. The molecule has 2 nitrogen and oxygen atoms in total. The molecule has 29 heavy (non-hydrogen) atoms. The Kier molecular flexibility index (Phi) is 11.2. The minimum absolute atomic E-state index is 0.797. The molecule has 0 bridgehead atoms. The Morgan fingerprint density at radius 1 is 0.793 bits per heavy atom. The molecule has 2 aromatic rings. The van der Waals surface area contributed by atoms with Crippen LogP contribution in [0.5, 0.6) is 5.75 Å². The summed E-state index contributed by atoms with van der Waals surface area (Å²) in [4.78, 5) is 4.70. The van der Waals surface area contributed by atoms with Gasteiger partial charge < -0.3 is 4.74 Å². The number of aryl methyl sites for hydroxylation is 2. The van der Waals surface area contributed by atoms with Crippen LogP contribution in [-0.4, -0.2) is 12.8 Å². The number of unbranched alkanes of at least 4 members (excludes halogenated alkanes) is 7.